The van der Waals surface area contributed by atoms with Crippen LogP contribution in [0.1, 0.15) is 27.9 Å². The summed E-state index contributed by atoms with van der Waals surface area (Å²) in [6, 6.07) is 7.50. The molecule has 14 heteroatoms. The van der Waals surface area contributed by atoms with E-state index in [1.807, 2.05) is 19.0 Å². The lowest BCUT2D eigenvalue weighted by atomic mass is 10.1. The summed E-state index contributed by atoms with van der Waals surface area (Å²) in [6.45, 7) is 3.37. The van der Waals surface area contributed by atoms with Gasteiger partial charge in [0.25, 0.3) is 5.91 Å². The highest BCUT2D eigenvalue weighted by atomic mass is 19.4. The van der Waals surface area contributed by atoms with Gasteiger partial charge < -0.3 is 25.8 Å². The number of carbonyl (C=O) groups excluding carboxylic acids is 2. The Balaban J connectivity index is 1.57. The Labute approximate surface area is 235 Å². The monoisotopic (exact) mass is 571 g/mol. The van der Waals surface area contributed by atoms with Crippen molar-refractivity contribution in [3.05, 3.63) is 59.4 Å². The Bertz CT molecular complexity index is 1430. The SMILES string of the molecule is CNc1ncnc(N(C)C(=O)Nc2cc(C(=O)Nc3cc(C(F)(F)F)ccc3N(C)C3CCN(C)C3)ccc2C)n1. The van der Waals surface area contributed by atoms with Crippen LogP contribution in [0.4, 0.5) is 46.9 Å². The van der Waals surface area contributed by atoms with Gasteiger partial charge in [0.2, 0.25) is 11.9 Å². The first-order valence-electron chi connectivity index (χ1n) is 12.8. The molecule has 218 valence electrons. The Hall–Kier alpha value is -4.46. The van der Waals surface area contributed by atoms with Crippen molar-refractivity contribution >= 4 is 40.9 Å². The molecule has 2 aromatic carbocycles. The normalized spacial score (nSPS) is 15.4. The van der Waals surface area contributed by atoms with Gasteiger partial charge in [-0.1, -0.05) is 6.07 Å². The third-order valence-electron chi connectivity index (χ3n) is 6.99. The summed E-state index contributed by atoms with van der Waals surface area (Å²) in [6.07, 6.45) is -2.47. The van der Waals surface area contributed by atoms with Crippen LogP contribution in [0.2, 0.25) is 0 Å². The van der Waals surface area contributed by atoms with E-state index in [9.17, 15) is 22.8 Å². The minimum atomic E-state index is -4.58. The molecular formula is C27H32F3N9O2. The fourth-order valence-electron chi connectivity index (χ4n) is 4.50. The molecule has 1 atom stereocenters. The number of anilines is 5. The molecule has 1 fully saturated rings. The van der Waals surface area contributed by atoms with Gasteiger partial charge in [0.1, 0.15) is 6.33 Å². The lowest BCUT2D eigenvalue weighted by molar-refractivity contribution is -0.137. The maximum atomic E-state index is 13.6. The van der Waals surface area contributed by atoms with E-state index >= 15 is 0 Å². The quantitative estimate of drug-likeness (QED) is 0.384. The number of carbonyl (C=O) groups is 2. The average Bonchev–Trinajstić information content (AvgIpc) is 3.39. The van der Waals surface area contributed by atoms with Crippen LogP contribution in [-0.4, -0.2) is 79.1 Å². The van der Waals surface area contributed by atoms with E-state index in [4.69, 9.17) is 0 Å². The van der Waals surface area contributed by atoms with Gasteiger partial charge in [-0.3, -0.25) is 9.69 Å². The van der Waals surface area contributed by atoms with Crippen molar-refractivity contribution in [3.8, 4) is 0 Å². The number of rotatable bonds is 7. The molecule has 1 aromatic heterocycles. The summed E-state index contributed by atoms with van der Waals surface area (Å²) in [7, 11) is 6.90. The number of hydrogen-bond donors (Lipinski definition) is 3. The van der Waals surface area contributed by atoms with Gasteiger partial charge in [0, 0.05) is 45.0 Å². The summed E-state index contributed by atoms with van der Waals surface area (Å²) < 4.78 is 40.7. The van der Waals surface area contributed by atoms with Gasteiger partial charge in [-0.05, 0) is 62.8 Å². The molecule has 11 nitrogen and oxygen atoms in total. The summed E-state index contributed by atoms with van der Waals surface area (Å²) in [4.78, 5) is 43.5. The van der Waals surface area contributed by atoms with Crippen LogP contribution in [0.3, 0.4) is 0 Å². The largest absolute Gasteiger partial charge is 0.416 e. The molecule has 0 radical (unpaired) electrons. The van der Waals surface area contributed by atoms with E-state index in [-0.39, 0.29) is 29.2 Å². The van der Waals surface area contributed by atoms with Crippen LogP contribution in [0, 0.1) is 6.92 Å². The minimum absolute atomic E-state index is 0.0444. The molecule has 1 aliphatic rings. The molecule has 4 rings (SSSR count). The Morgan fingerprint density at radius 2 is 1.80 bits per heavy atom. The molecule has 0 saturated carbocycles. The summed E-state index contributed by atoms with van der Waals surface area (Å²) >= 11 is 0. The fraction of sp³-hybridized carbons (Fsp3) is 0.370. The lowest BCUT2D eigenvalue weighted by Gasteiger charge is -2.29. The topological polar surface area (TPSA) is 119 Å². The van der Waals surface area contributed by atoms with Crippen molar-refractivity contribution in [2.45, 2.75) is 25.6 Å². The number of nitrogens with zero attached hydrogens (tertiary/aromatic N) is 6. The first-order valence-corrected chi connectivity index (χ1v) is 12.8. The first kappa shape index (κ1) is 29.5. The number of benzene rings is 2. The number of alkyl halides is 3. The second-order valence-corrected chi connectivity index (χ2v) is 9.88. The Morgan fingerprint density at radius 1 is 1.05 bits per heavy atom. The second-order valence-electron chi connectivity index (χ2n) is 9.88. The van der Waals surface area contributed by atoms with Gasteiger partial charge >= 0.3 is 12.2 Å². The highest BCUT2D eigenvalue weighted by molar-refractivity contribution is 6.08. The third-order valence-corrected chi connectivity index (χ3v) is 6.99. The van der Waals surface area contributed by atoms with E-state index in [0.717, 1.165) is 31.6 Å². The first-order chi connectivity index (χ1) is 19.4. The van der Waals surface area contributed by atoms with Gasteiger partial charge in [0.05, 0.1) is 16.9 Å². The number of halogens is 3. The van der Waals surface area contributed by atoms with Crippen LogP contribution >= 0.6 is 0 Å². The predicted octanol–water partition coefficient (Wildman–Crippen LogP) is 4.30. The molecule has 0 bridgehead atoms. The molecule has 41 heavy (non-hydrogen) atoms. The highest BCUT2D eigenvalue weighted by Crippen LogP contribution is 2.36. The molecule has 0 spiro atoms. The number of aryl methyl sites for hydroxylation is 1. The summed E-state index contributed by atoms with van der Waals surface area (Å²) in [5.41, 5.74) is 0.813. The standard InChI is InChI=1S/C27H32F3N9O2/c1-16-6-7-17(12-20(16)35-26(41)39(5)25-33-15-32-24(31-2)36-25)23(40)34-21-13-18(27(28,29)30)8-9-22(21)38(4)19-10-11-37(3)14-19/h6-9,12-13,15,19H,10-11,14H2,1-5H3,(H,34,40)(H,35,41)(H,31,32,33,36). The zero-order chi connectivity index (χ0) is 29.9. The average molecular weight is 572 g/mol. The van der Waals surface area contributed by atoms with Crippen molar-refractivity contribution in [2.75, 3.05) is 67.0 Å². The van der Waals surface area contributed by atoms with Crippen LogP contribution in [0.15, 0.2) is 42.7 Å². The lowest BCUT2D eigenvalue weighted by Crippen LogP contribution is -2.34. The number of hydrogen-bond acceptors (Lipinski definition) is 8. The minimum Gasteiger partial charge on any atom is -0.369 e. The summed E-state index contributed by atoms with van der Waals surface area (Å²) in [5, 5.41) is 8.16. The molecular weight excluding hydrogens is 539 g/mol. The maximum absolute atomic E-state index is 13.6. The van der Waals surface area contributed by atoms with Gasteiger partial charge in [-0.2, -0.15) is 18.2 Å². The predicted molar refractivity (Wildman–Crippen MR) is 152 cm³/mol. The molecule has 1 unspecified atom stereocenters. The molecule has 3 aromatic rings. The van der Waals surface area contributed by atoms with Crippen molar-refractivity contribution in [2.24, 2.45) is 0 Å². The molecule has 3 amide bonds. The van der Waals surface area contributed by atoms with Crippen LogP contribution in [0.25, 0.3) is 0 Å². The second kappa shape index (κ2) is 12.0. The van der Waals surface area contributed by atoms with Gasteiger partial charge in [0.15, 0.2) is 0 Å². The number of amides is 3. The van der Waals surface area contributed by atoms with E-state index < -0.39 is 23.7 Å². The number of aromatic nitrogens is 3. The Kier molecular flexibility index (Phi) is 8.61. The fourth-order valence-corrected chi connectivity index (χ4v) is 4.50. The van der Waals surface area contributed by atoms with Crippen LogP contribution in [0.5, 0.6) is 0 Å². The maximum Gasteiger partial charge on any atom is 0.416 e. The van der Waals surface area contributed by atoms with Gasteiger partial charge in [-0.15, -0.1) is 0 Å². The van der Waals surface area contributed by atoms with E-state index in [1.54, 1.807) is 20.0 Å². The van der Waals surface area contributed by atoms with E-state index in [0.29, 0.717) is 16.9 Å². The van der Waals surface area contributed by atoms with E-state index in [2.05, 4.69) is 35.8 Å². The third kappa shape index (κ3) is 6.82. The number of likely N-dealkylation sites (N-methyl/N-ethyl adjacent to an activating group) is 2. The molecule has 2 heterocycles. The number of urea groups is 1. The van der Waals surface area contributed by atoms with Crippen molar-refractivity contribution in [1.82, 2.24) is 19.9 Å². The molecule has 3 N–H and O–H groups in total. The van der Waals surface area contributed by atoms with Crippen molar-refractivity contribution in [1.29, 1.82) is 0 Å². The molecule has 1 saturated heterocycles. The molecule has 1 aliphatic heterocycles. The van der Waals surface area contributed by atoms with Crippen molar-refractivity contribution in [3.63, 3.8) is 0 Å². The van der Waals surface area contributed by atoms with Crippen LogP contribution in [-0.2, 0) is 6.18 Å². The smallest absolute Gasteiger partial charge is 0.369 e. The zero-order valence-electron chi connectivity index (χ0n) is 23.4. The highest BCUT2D eigenvalue weighted by Gasteiger charge is 2.33. The Morgan fingerprint density at radius 3 is 2.46 bits per heavy atom. The van der Waals surface area contributed by atoms with Crippen LogP contribution < -0.4 is 25.8 Å². The number of nitrogens with one attached hydrogen (secondary N) is 3. The van der Waals surface area contributed by atoms with Gasteiger partial charge in [-0.25, -0.2) is 14.8 Å². The number of likely N-dealkylation sites (tertiary alicyclic amines) is 1. The zero-order valence-corrected chi connectivity index (χ0v) is 23.4. The summed E-state index contributed by atoms with van der Waals surface area (Å²) in [5.74, 6) is -0.241. The van der Waals surface area contributed by atoms with E-state index in [1.165, 1.54) is 36.5 Å². The molecule has 0 aliphatic carbocycles. The van der Waals surface area contributed by atoms with Crippen molar-refractivity contribution < 1.29 is 22.8 Å².